The molecule has 0 amide bonds. The summed E-state index contributed by atoms with van der Waals surface area (Å²) >= 11 is 0. The van der Waals surface area contributed by atoms with Gasteiger partial charge in [0.15, 0.2) is 17.3 Å². The molecule has 1 unspecified atom stereocenters. The minimum absolute atomic E-state index is 0.0392. The van der Waals surface area contributed by atoms with Crippen molar-refractivity contribution in [2.45, 2.75) is 13.0 Å². The number of benzene rings is 1. The van der Waals surface area contributed by atoms with Crippen LogP contribution in [-0.2, 0) is 0 Å². The van der Waals surface area contributed by atoms with E-state index >= 15 is 0 Å². The van der Waals surface area contributed by atoms with Crippen LogP contribution in [0.25, 0.3) is 0 Å². The van der Waals surface area contributed by atoms with Crippen LogP contribution >= 0.6 is 0 Å². The Morgan fingerprint density at radius 1 is 1.41 bits per heavy atom. The zero-order chi connectivity index (χ0) is 12.4. The predicted molar refractivity (Wildman–Crippen MR) is 62.0 cm³/mol. The summed E-state index contributed by atoms with van der Waals surface area (Å²) in [7, 11) is 3.26. The third kappa shape index (κ3) is 2.06. The standard InChI is InChI=1S/C12H15NO4/c1-7(13-2)12(14)8-4-10-11(17-6-16-10)5-9(8)15-3/h4-5,7,13H,6H2,1-3H3. The van der Waals surface area contributed by atoms with E-state index in [1.165, 1.54) is 7.11 Å². The molecule has 0 fully saturated rings. The average molecular weight is 237 g/mol. The molecule has 1 aliphatic heterocycles. The Hall–Kier alpha value is -1.75. The second-order valence-electron chi connectivity index (χ2n) is 3.78. The largest absolute Gasteiger partial charge is 0.496 e. The molecule has 2 rings (SSSR count). The van der Waals surface area contributed by atoms with Crippen molar-refractivity contribution < 1.29 is 19.0 Å². The lowest BCUT2D eigenvalue weighted by Crippen LogP contribution is -2.30. The van der Waals surface area contributed by atoms with Gasteiger partial charge in [-0.25, -0.2) is 0 Å². The lowest BCUT2D eigenvalue weighted by atomic mass is 10.0. The minimum Gasteiger partial charge on any atom is -0.496 e. The zero-order valence-corrected chi connectivity index (χ0v) is 10.1. The number of hydrogen-bond donors (Lipinski definition) is 1. The quantitative estimate of drug-likeness (QED) is 0.798. The second kappa shape index (κ2) is 4.63. The van der Waals surface area contributed by atoms with Crippen molar-refractivity contribution in [2.24, 2.45) is 0 Å². The highest BCUT2D eigenvalue weighted by Gasteiger charge is 2.23. The first kappa shape index (κ1) is 11.7. The lowest BCUT2D eigenvalue weighted by molar-refractivity contribution is 0.0951. The average Bonchev–Trinajstić information content (AvgIpc) is 2.82. The van der Waals surface area contributed by atoms with Crippen molar-refractivity contribution in [1.29, 1.82) is 0 Å². The molecule has 1 atom stereocenters. The number of Topliss-reactive ketones (excluding diaryl/α,β-unsaturated/α-hetero) is 1. The van der Waals surface area contributed by atoms with Gasteiger partial charge >= 0.3 is 0 Å². The van der Waals surface area contributed by atoms with Crippen LogP contribution in [0.15, 0.2) is 12.1 Å². The molecule has 0 bridgehead atoms. The zero-order valence-electron chi connectivity index (χ0n) is 10.1. The number of fused-ring (bicyclic) bond motifs is 1. The lowest BCUT2D eigenvalue weighted by Gasteiger charge is -2.13. The Labute approximate surface area is 99.7 Å². The van der Waals surface area contributed by atoms with E-state index in [0.29, 0.717) is 22.8 Å². The fraction of sp³-hybridized carbons (Fsp3) is 0.417. The molecule has 1 aromatic carbocycles. The van der Waals surface area contributed by atoms with Gasteiger partial charge in [-0.2, -0.15) is 0 Å². The maximum Gasteiger partial charge on any atom is 0.231 e. The maximum atomic E-state index is 12.1. The van der Waals surface area contributed by atoms with E-state index < -0.39 is 0 Å². The van der Waals surface area contributed by atoms with Crippen LogP contribution in [0, 0.1) is 0 Å². The first-order valence-electron chi connectivity index (χ1n) is 5.36. The normalized spacial score (nSPS) is 14.5. The summed E-state index contributed by atoms with van der Waals surface area (Å²) in [6, 6.07) is 3.07. The highest BCUT2D eigenvalue weighted by molar-refractivity contribution is 6.02. The summed E-state index contributed by atoms with van der Waals surface area (Å²) in [6.45, 7) is 1.98. The summed E-state index contributed by atoms with van der Waals surface area (Å²) in [5.74, 6) is 1.65. The van der Waals surface area contributed by atoms with Crippen LogP contribution in [0.2, 0.25) is 0 Å². The van der Waals surface area contributed by atoms with Crippen molar-refractivity contribution in [1.82, 2.24) is 5.32 Å². The summed E-state index contributed by atoms with van der Waals surface area (Å²) in [6.07, 6.45) is 0. The van der Waals surface area contributed by atoms with Gasteiger partial charge in [0.2, 0.25) is 6.79 Å². The fourth-order valence-electron chi connectivity index (χ4n) is 1.65. The van der Waals surface area contributed by atoms with Gasteiger partial charge < -0.3 is 19.5 Å². The highest BCUT2D eigenvalue weighted by Crippen LogP contribution is 2.38. The molecule has 1 aliphatic rings. The van der Waals surface area contributed by atoms with Gasteiger partial charge in [0.05, 0.1) is 18.7 Å². The topological polar surface area (TPSA) is 56.8 Å². The van der Waals surface area contributed by atoms with Gasteiger partial charge in [-0.1, -0.05) is 0 Å². The molecule has 0 spiro atoms. The Morgan fingerprint density at radius 3 is 2.65 bits per heavy atom. The summed E-state index contributed by atoms with van der Waals surface area (Å²) < 4.78 is 15.7. The number of methoxy groups -OCH3 is 1. The molecule has 1 aromatic rings. The van der Waals surface area contributed by atoms with E-state index in [2.05, 4.69) is 5.32 Å². The molecule has 0 aliphatic carbocycles. The molecule has 0 saturated carbocycles. The van der Waals surface area contributed by atoms with E-state index in [9.17, 15) is 4.79 Å². The van der Waals surface area contributed by atoms with Crippen molar-refractivity contribution in [3.05, 3.63) is 17.7 Å². The summed E-state index contributed by atoms with van der Waals surface area (Å²) in [5.41, 5.74) is 0.499. The Bertz CT molecular complexity index is 444. The van der Waals surface area contributed by atoms with E-state index in [4.69, 9.17) is 14.2 Å². The third-order valence-electron chi connectivity index (χ3n) is 2.79. The molecule has 0 saturated heterocycles. The van der Waals surface area contributed by atoms with E-state index in [-0.39, 0.29) is 18.6 Å². The van der Waals surface area contributed by atoms with Crippen molar-refractivity contribution in [2.75, 3.05) is 21.0 Å². The molecule has 0 aromatic heterocycles. The fourth-order valence-corrected chi connectivity index (χ4v) is 1.65. The van der Waals surface area contributed by atoms with Crippen molar-refractivity contribution >= 4 is 5.78 Å². The molecule has 1 heterocycles. The maximum absolute atomic E-state index is 12.1. The van der Waals surface area contributed by atoms with Gasteiger partial charge in [0, 0.05) is 6.07 Å². The number of likely N-dealkylation sites (N-methyl/N-ethyl adjacent to an activating group) is 1. The summed E-state index contributed by atoms with van der Waals surface area (Å²) in [5, 5.41) is 2.91. The molecule has 0 radical (unpaired) electrons. The molecule has 5 nitrogen and oxygen atoms in total. The van der Waals surface area contributed by atoms with Crippen LogP contribution in [-0.4, -0.2) is 32.8 Å². The van der Waals surface area contributed by atoms with Crippen LogP contribution in [0.5, 0.6) is 17.2 Å². The number of rotatable bonds is 4. The molecular formula is C12H15NO4. The Morgan fingerprint density at radius 2 is 2.06 bits per heavy atom. The number of ether oxygens (including phenoxy) is 3. The first-order valence-corrected chi connectivity index (χ1v) is 5.36. The van der Waals surface area contributed by atoms with Crippen LogP contribution in [0.1, 0.15) is 17.3 Å². The first-order chi connectivity index (χ1) is 8.17. The van der Waals surface area contributed by atoms with Crippen LogP contribution in [0.3, 0.4) is 0 Å². The molecule has 17 heavy (non-hydrogen) atoms. The van der Waals surface area contributed by atoms with Gasteiger partial charge in [0.1, 0.15) is 5.75 Å². The van der Waals surface area contributed by atoms with Gasteiger partial charge in [-0.3, -0.25) is 4.79 Å². The van der Waals surface area contributed by atoms with Crippen LogP contribution < -0.4 is 19.5 Å². The Kier molecular flexibility index (Phi) is 3.19. The molecule has 5 heteroatoms. The molecule has 1 N–H and O–H groups in total. The second-order valence-corrected chi connectivity index (χ2v) is 3.78. The number of nitrogens with one attached hydrogen (secondary N) is 1. The number of hydrogen-bond acceptors (Lipinski definition) is 5. The van der Waals surface area contributed by atoms with E-state index in [1.807, 2.05) is 0 Å². The van der Waals surface area contributed by atoms with Crippen molar-refractivity contribution in [3.8, 4) is 17.2 Å². The van der Waals surface area contributed by atoms with Crippen LogP contribution in [0.4, 0.5) is 0 Å². The smallest absolute Gasteiger partial charge is 0.231 e. The van der Waals surface area contributed by atoms with Gasteiger partial charge in [0.25, 0.3) is 0 Å². The number of carbonyl (C=O) groups is 1. The monoisotopic (exact) mass is 237 g/mol. The number of ketones is 1. The summed E-state index contributed by atoms with van der Waals surface area (Å²) in [4.78, 5) is 12.1. The van der Waals surface area contributed by atoms with E-state index in [0.717, 1.165) is 0 Å². The third-order valence-corrected chi connectivity index (χ3v) is 2.79. The van der Waals surface area contributed by atoms with Gasteiger partial charge in [-0.05, 0) is 20.0 Å². The predicted octanol–water partition coefficient (Wildman–Crippen LogP) is 1.21. The molecular weight excluding hydrogens is 222 g/mol. The van der Waals surface area contributed by atoms with Gasteiger partial charge in [-0.15, -0.1) is 0 Å². The molecule has 92 valence electrons. The van der Waals surface area contributed by atoms with E-state index in [1.54, 1.807) is 26.1 Å². The highest BCUT2D eigenvalue weighted by atomic mass is 16.7. The van der Waals surface area contributed by atoms with Crippen molar-refractivity contribution in [3.63, 3.8) is 0 Å². The minimum atomic E-state index is -0.274. The number of carbonyl (C=O) groups excluding carboxylic acids is 1. The Balaban J connectivity index is 2.42. The SMILES string of the molecule is CNC(C)C(=O)c1cc2c(cc1OC)OCO2.